The summed E-state index contributed by atoms with van der Waals surface area (Å²) < 4.78 is 27.7. The van der Waals surface area contributed by atoms with Crippen molar-refractivity contribution in [1.29, 1.82) is 0 Å². The maximum atomic E-state index is 12.5. The Balaban J connectivity index is 2.93. The minimum atomic E-state index is -3.44. The van der Waals surface area contributed by atoms with Crippen LogP contribution in [0, 0.1) is 18.8 Å². The molecular formula is C16H28N2O2S. The van der Waals surface area contributed by atoms with Crippen LogP contribution in [-0.4, -0.2) is 21.5 Å². The Morgan fingerprint density at radius 3 is 2.43 bits per heavy atom. The number of hydrogen-bond donors (Lipinski definition) is 2. The number of rotatable bonds is 8. The van der Waals surface area contributed by atoms with Crippen molar-refractivity contribution in [3.05, 3.63) is 29.3 Å². The van der Waals surface area contributed by atoms with Crippen LogP contribution in [0.5, 0.6) is 0 Å². The second-order valence-corrected chi connectivity index (χ2v) is 7.63. The molecular weight excluding hydrogens is 284 g/mol. The molecule has 0 spiro atoms. The van der Waals surface area contributed by atoms with Crippen LogP contribution < -0.4 is 10.0 Å². The summed E-state index contributed by atoms with van der Waals surface area (Å²) in [5.74, 6) is 0.763. The standard InChI is InChI=1S/C16H28N2O2S/c1-6-17-11-15-8-7-9-16(14(15)5)21(19,20)18-10-13(4)12(2)3/h7-9,12-13,17-18H,6,10-11H2,1-5H3. The Morgan fingerprint density at radius 1 is 1.19 bits per heavy atom. The number of hydrogen-bond acceptors (Lipinski definition) is 3. The van der Waals surface area contributed by atoms with Crippen LogP contribution in [0.4, 0.5) is 0 Å². The summed E-state index contributed by atoms with van der Waals surface area (Å²) >= 11 is 0. The average molecular weight is 312 g/mol. The highest BCUT2D eigenvalue weighted by molar-refractivity contribution is 7.89. The zero-order valence-electron chi connectivity index (χ0n) is 13.7. The molecule has 120 valence electrons. The van der Waals surface area contributed by atoms with Gasteiger partial charge in [0.15, 0.2) is 0 Å². The largest absolute Gasteiger partial charge is 0.313 e. The zero-order valence-corrected chi connectivity index (χ0v) is 14.5. The highest BCUT2D eigenvalue weighted by Crippen LogP contribution is 2.19. The van der Waals surface area contributed by atoms with Crippen LogP contribution >= 0.6 is 0 Å². The summed E-state index contributed by atoms with van der Waals surface area (Å²) in [6, 6.07) is 5.45. The molecule has 0 aliphatic carbocycles. The molecule has 1 aromatic carbocycles. The molecule has 0 saturated heterocycles. The lowest BCUT2D eigenvalue weighted by Gasteiger charge is -2.17. The van der Waals surface area contributed by atoms with Gasteiger partial charge in [-0.15, -0.1) is 0 Å². The van der Waals surface area contributed by atoms with Gasteiger partial charge in [-0.05, 0) is 42.5 Å². The van der Waals surface area contributed by atoms with Gasteiger partial charge in [0.05, 0.1) is 4.90 Å². The summed E-state index contributed by atoms with van der Waals surface area (Å²) in [7, 11) is -3.44. The SMILES string of the molecule is CCNCc1cccc(S(=O)(=O)NCC(C)C(C)C)c1C. The first kappa shape index (κ1) is 18.1. The summed E-state index contributed by atoms with van der Waals surface area (Å²) in [6.07, 6.45) is 0. The van der Waals surface area contributed by atoms with Crippen molar-refractivity contribution in [2.24, 2.45) is 11.8 Å². The monoisotopic (exact) mass is 312 g/mol. The molecule has 1 unspecified atom stereocenters. The van der Waals surface area contributed by atoms with Gasteiger partial charge in [0, 0.05) is 13.1 Å². The van der Waals surface area contributed by atoms with Crippen LogP contribution in [0.2, 0.25) is 0 Å². The Hall–Kier alpha value is -0.910. The molecule has 1 aromatic rings. The molecule has 0 fully saturated rings. The summed E-state index contributed by atoms with van der Waals surface area (Å²) in [6.45, 7) is 12.2. The first-order valence-corrected chi connectivity index (χ1v) is 9.06. The Labute approximate surface area is 129 Å². The van der Waals surface area contributed by atoms with Crippen LogP contribution in [-0.2, 0) is 16.6 Å². The van der Waals surface area contributed by atoms with Crippen molar-refractivity contribution in [2.45, 2.75) is 46.1 Å². The van der Waals surface area contributed by atoms with E-state index in [0.717, 1.165) is 17.7 Å². The predicted molar refractivity (Wildman–Crippen MR) is 87.8 cm³/mol. The number of sulfonamides is 1. The van der Waals surface area contributed by atoms with Crippen molar-refractivity contribution in [3.8, 4) is 0 Å². The molecule has 1 rings (SSSR count). The van der Waals surface area contributed by atoms with Crippen LogP contribution in [0.3, 0.4) is 0 Å². The van der Waals surface area contributed by atoms with E-state index in [2.05, 4.69) is 30.8 Å². The summed E-state index contributed by atoms with van der Waals surface area (Å²) in [4.78, 5) is 0.383. The Morgan fingerprint density at radius 2 is 1.86 bits per heavy atom. The van der Waals surface area contributed by atoms with Gasteiger partial charge < -0.3 is 5.32 Å². The molecule has 0 aliphatic rings. The minimum absolute atomic E-state index is 0.310. The fourth-order valence-electron chi connectivity index (χ4n) is 1.96. The maximum absolute atomic E-state index is 12.5. The molecule has 2 N–H and O–H groups in total. The molecule has 0 aliphatic heterocycles. The maximum Gasteiger partial charge on any atom is 0.240 e. The number of benzene rings is 1. The molecule has 0 bridgehead atoms. The van der Waals surface area contributed by atoms with Crippen molar-refractivity contribution >= 4 is 10.0 Å². The molecule has 0 saturated carbocycles. The normalized spacial score (nSPS) is 13.6. The topological polar surface area (TPSA) is 58.2 Å². The van der Waals surface area contributed by atoms with Gasteiger partial charge in [-0.2, -0.15) is 0 Å². The van der Waals surface area contributed by atoms with E-state index >= 15 is 0 Å². The van der Waals surface area contributed by atoms with Crippen LogP contribution in [0.15, 0.2) is 23.1 Å². The third kappa shape index (κ3) is 5.09. The summed E-state index contributed by atoms with van der Waals surface area (Å²) in [5, 5.41) is 3.23. The third-order valence-corrected chi connectivity index (χ3v) is 5.55. The fraction of sp³-hybridized carbons (Fsp3) is 0.625. The second kappa shape index (κ2) is 7.92. The van der Waals surface area contributed by atoms with Crippen LogP contribution in [0.1, 0.15) is 38.8 Å². The smallest absolute Gasteiger partial charge is 0.240 e. The molecule has 0 aromatic heterocycles. The van der Waals surface area contributed by atoms with Crippen molar-refractivity contribution in [2.75, 3.05) is 13.1 Å². The quantitative estimate of drug-likeness (QED) is 0.776. The lowest BCUT2D eigenvalue weighted by molar-refractivity contribution is 0.414. The molecule has 0 heterocycles. The zero-order chi connectivity index (χ0) is 16.0. The van der Waals surface area contributed by atoms with Gasteiger partial charge in [-0.25, -0.2) is 13.1 Å². The molecule has 4 nitrogen and oxygen atoms in total. The van der Waals surface area contributed by atoms with Gasteiger partial charge in [-0.1, -0.05) is 39.8 Å². The van der Waals surface area contributed by atoms with E-state index in [-0.39, 0.29) is 0 Å². The summed E-state index contributed by atoms with van der Waals surface area (Å²) in [5.41, 5.74) is 1.85. The molecule has 0 amide bonds. The van der Waals surface area contributed by atoms with E-state index < -0.39 is 10.0 Å². The highest BCUT2D eigenvalue weighted by Gasteiger charge is 2.19. The van der Waals surface area contributed by atoms with E-state index in [4.69, 9.17) is 0 Å². The lowest BCUT2D eigenvalue weighted by Crippen LogP contribution is -2.31. The lowest BCUT2D eigenvalue weighted by atomic mass is 9.99. The molecule has 0 radical (unpaired) electrons. The van der Waals surface area contributed by atoms with Gasteiger partial charge in [0.1, 0.15) is 0 Å². The van der Waals surface area contributed by atoms with E-state index in [1.54, 1.807) is 12.1 Å². The van der Waals surface area contributed by atoms with Gasteiger partial charge in [0.25, 0.3) is 0 Å². The van der Waals surface area contributed by atoms with Gasteiger partial charge in [0.2, 0.25) is 10.0 Å². The first-order valence-electron chi connectivity index (χ1n) is 7.58. The second-order valence-electron chi connectivity index (χ2n) is 5.89. The van der Waals surface area contributed by atoms with Gasteiger partial charge >= 0.3 is 0 Å². The average Bonchev–Trinajstić information content (AvgIpc) is 2.43. The van der Waals surface area contributed by atoms with E-state index in [1.165, 1.54) is 0 Å². The minimum Gasteiger partial charge on any atom is -0.313 e. The van der Waals surface area contributed by atoms with Crippen LogP contribution in [0.25, 0.3) is 0 Å². The first-order chi connectivity index (χ1) is 9.79. The highest BCUT2D eigenvalue weighted by atomic mass is 32.2. The van der Waals surface area contributed by atoms with Crippen molar-refractivity contribution < 1.29 is 8.42 Å². The van der Waals surface area contributed by atoms with E-state index in [1.807, 2.05) is 19.9 Å². The predicted octanol–water partition coefficient (Wildman–Crippen LogP) is 2.67. The van der Waals surface area contributed by atoms with Crippen molar-refractivity contribution in [1.82, 2.24) is 10.0 Å². The van der Waals surface area contributed by atoms with Gasteiger partial charge in [-0.3, -0.25) is 0 Å². The Kier molecular flexibility index (Phi) is 6.84. The molecule has 21 heavy (non-hydrogen) atoms. The fourth-order valence-corrected chi connectivity index (χ4v) is 3.39. The number of nitrogens with one attached hydrogen (secondary N) is 2. The van der Waals surface area contributed by atoms with E-state index in [0.29, 0.717) is 29.8 Å². The Bertz CT molecular complexity index is 553. The molecule has 1 atom stereocenters. The van der Waals surface area contributed by atoms with E-state index in [9.17, 15) is 8.42 Å². The van der Waals surface area contributed by atoms with Crippen molar-refractivity contribution in [3.63, 3.8) is 0 Å². The third-order valence-electron chi connectivity index (χ3n) is 3.98. The molecule has 5 heteroatoms.